The molecule has 0 spiro atoms. The van der Waals surface area contributed by atoms with Crippen molar-refractivity contribution in [3.8, 4) is 0 Å². The van der Waals surface area contributed by atoms with Crippen LogP contribution >= 0.6 is 23.4 Å². The molecule has 1 saturated heterocycles. The third-order valence-electron chi connectivity index (χ3n) is 4.27. The van der Waals surface area contributed by atoms with Gasteiger partial charge in [-0.15, -0.1) is 0 Å². The minimum atomic E-state index is -0.623. The van der Waals surface area contributed by atoms with Gasteiger partial charge in [-0.1, -0.05) is 35.4 Å². The predicted octanol–water partition coefficient (Wildman–Crippen LogP) is 4.02. The lowest BCUT2D eigenvalue weighted by molar-refractivity contribution is -0.384. The van der Waals surface area contributed by atoms with E-state index in [2.05, 4.69) is 5.32 Å². The zero-order chi connectivity index (χ0) is 21.8. The van der Waals surface area contributed by atoms with Crippen molar-refractivity contribution in [3.05, 3.63) is 79.2 Å². The second-order valence-electron chi connectivity index (χ2n) is 6.42. The van der Waals surface area contributed by atoms with E-state index in [0.717, 1.165) is 22.2 Å². The molecule has 3 amide bonds. The average Bonchev–Trinajstić information content (AvgIpc) is 2.97. The van der Waals surface area contributed by atoms with Gasteiger partial charge in [0, 0.05) is 24.7 Å². The van der Waals surface area contributed by atoms with Crippen molar-refractivity contribution in [3.63, 3.8) is 0 Å². The van der Waals surface area contributed by atoms with Crippen molar-refractivity contribution in [2.45, 2.75) is 6.92 Å². The van der Waals surface area contributed by atoms with Crippen LogP contribution in [-0.2, 0) is 4.79 Å². The summed E-state index contributed by atoms with van der Waals surface area (Å²) in [6.45, 7) is 2.03. The Morgan fingerprint density at radius 1 is 1.23 bits per heavy atom. The van der Waals surface area contributed by atoms with Gasteiger partial charge in [-0.05, 0) is 48.5 Å². The summed E-state index contributed by atoms with van der Waals surface area (Å²) < 4.78 is 0. The quantitative estimate of drug-likeness (QED) is 0.408. The van der Waals surface area contributed by atoms with Crippen LogP contribution in [-0.4, -0.2) is 40.0 Å². The Bertz CT molecular complexity index is 1070. The number of hydrogen-bond acceptors (Lipinski definition) is 6. The maximum atomic E-state index is 12.5. The number of rotatable bonds is 6. The van der Waals surface area contributed by atoms with Gasteiger partial charge in [-0.2, -0.15) is 0 Å². The van der Waals surface area contributed by atoms with Gasteiger partial charge < -0.3 is 5.32 Å². The summed E-state index contributed by atoms with van der Waals surface area (Å²) in [6, 6.07) is 11.1. The van der Waals surface area contributed by atoms with Crippen LogP contribution in [0, 0.1) is 17.0 Å². The van der Waals surface area contributed by atoms with Crippen LogP contribution < -0.4 is 5.32 Å². The number of imide groups is 1. The number of carbonyl (C=O) groups excluding carboxylic acids is 3. The molecule has 1 aliphatic heterocycles. The number of thioether (sulfide) groups is 1. The molecule has 0 bridgehead atoms. The normalized spacial score (nSPS) is 15.0. The lowest BCUT2D eigenvalue weighted by atomic mass is 10.1. The Morgan fingerprint density at radius 3 is 2.60 bits per heavy atom. The van der Waals surface area contributed by atoms with E-state index in [4.69, 9.17) is 11.6 Å². The average molecular weight is 446 g/mol. The van der Waals surface area contributed by atoms with Gasteiger partial charge in [0.15, 0.2) is 0 Å². The van der Waals surface area contributed by atoms with Gasteiger partial charge in [0.25, 0.3) is 22.7 Å². The molecule has 2 aromatic rings. The van der Waals surface area contributed by atoms with Crippen LogP contribution in [0.5, 0.6) is 0 Å². The molecule has 2 aromatic carbocycles. The van der Waals surface area contributed by atoms with E-state index < -0.39 is 16.1 Å². The molecule has 154 valence electrons. The van der Waals surface area contributed by atoms with Crippen molar-refractivity contribution in [2.75, 3.05) is 13.1 Å². The first-order valence-electron chi connectivity index (χ1n) is 8.80. The van der Waals surface area contributed by atoms with E-state index in [0.29, 0.717) is 11.1 Å². The molecule has 0 saturated carbocycles. The first-order chi connectivity index (χ1) is 14.3. The number of amides is 3. The summed E-state index contributed by atoms with van der Waals surface area (Å²) in [5.74, 6) is -0.821. The van der Waals surface area contributed by atoms with Crippen molar-refractivity contribution in [1.82, 2.24) is 10.2 Å². The molecule has 1 aliphatic rings. The zero-order valence-electron chi connectivity index (χ0n) is 15.8. The molecule has 0 aromatic heterocycles. The van der Waals surface area contributed by atoms with Crippen LogP contribution in [0.15, 0.2) is 47.4 Å². The molecule has 1 N–H and O–H groups in total. The minimum Gasteiger partial charge on any atom is -0.350 e. The van der Waals surface area contributed by atoms with E-state index in [1.807, 2.05) is 19.1 Å². The fourth-order valence-corrected chi connectivity index (χ4v) is 3.74. The Kier molecular flexibility index (Phi) is 6.53. The highest BCUT2D eigenvalue weighted by atomic mass is 35.5. The van der Waals surface area contributed by atoms with Gasteiger partial charge in [0.2, 0.25) is 0 Å². The van der Waals surface area contributed by atoms with Crippen molar-refractivity contribution < 1.29 is 19.3 Å². The first kappa shape index (κ1) is 21.5. The summed E-state index contributed by atoms with van der Waals surface area (Å²) in [6.07, 6.45) is 1.40. The predicted molar refractivity (Wildman–Crippen MR) is 114 cm³/mol. The summed E-state index contributed by atoms with van der Waals surface area (Å²) in [5.41, 5.74) is 1.61. The lowest BCUT2D eigenvalue weighted by Crippen LogP contribution is -2.37. The summed E-state index contributed by atoms with van der Waals surface area (Å²) in [7, 11) is 0. The monoisotopic (exact) mass is 445 g/mol. The third-order valence-corrected chi connectivity index (χ3v) is 5.50. The number of hydrogen-bond donors (Lipinski definition) is 1. The highest BCUT2D eigenvalue weighted by Gasteiger charge is 2.34. The van der Waals surface area contributed by atoms with Crippen LogP contribution in [0.1, 0.15) is 21.5 Å². The maximum Gasteiger partial charge on any atom is 0.293 e. The fourth-order valence-electron chi connectivity index (χ4n) is 2.69. The molecule has 8 nitrogen and oxygen atoms in total. The van der Waals surface area contributed by atoms with Gasteiger partial charge in [-0.25, -0.2) is 0 Å². The van der Waals surface area contributed by atoms with Gasteiger partial charge in [-0.3, -0.25) is 29.4 Å². The van der Waals surface area contributed by atoms with Crippen molar-refractivity contribution in [2.24, 2.45) is 0 Å². The topological polar surface area (TPSA) is 110 Å². The number of carbonyl (C=O) groups is 3. The highest BCUT2D eigenvalue weighted by molar-refractivity contribution is 8.18. The van der Waals surface area contributed by atoms with Crippen LogP contribution in [0.3, 0.4) is 0 Å². The number of nitrogens with zero attached hydrogens (tertiary/aromatic N) is 2. The van der Waals surface area contributed by atoms with Crippen LogP contribution in [0.2, 0.25) is 5.02 Å². The number of nitro benzene ring substituents is 1. The van der Waals surface area contributed by atoms with E-state index in [1.165, 1.54) is 24.3 Å². The molecule has 3 rings (SSSR count). The molecule has 0 radical (unpaired) electrons. The number of benzene rings is 2. The second kappa shape index (κ2) is 9.10. The molecular weight excluding hydrogens is 430 g/mol. The Labute approximate surface area is 181 Å². The molecule has 0 aliphatic carbocycles. The fraction of sp³-hybridized carbons (Fsp3) is 0.150. The molecular formula is C20H16ClN3O5S. The van der Waals surface area contributed by atoms with E-state index >= 15 is 0 Å². The zero-order valence-corrected chi connectivity index (χ0v) is 17.3. The Morgan fingerprint density at radius 2 is 1.93 bits per heavy atom. The second-order valence-corrected chi connectivity index (χ2v) is 7.82. The molecule has 30 heavy (non-hydrogen) atoms. The van der Waals surface area contributed by atoms with Crippen molar-refractivity contribution >= 4 is 52.2 Å². The molecule has 1 heterocycles. The van der Waals surface area contributed by atoms with E-state index in [-0.39, 0.29) is 34.6 Å². The molecule has 0 unspecified atom stereocenters. The van der Waals surface area contributed by atoms with Gasteiger partial charge in [0.05, 0.1) is 9.83 Å². The van der Waals surface area contributed by atoms with E-state index in [9.17, 15) is 24.5 Å². The number of nitrogens with one attached hydrogen (secondary N) is 1. The largest absolute Gasteiger partial charge is 0.350 e. The highest BCUT2D eigenvalue weighted by Crippen LogP contribution is 2.33. The van der Waals surface area contributed by atoms with Crippen molar-refractivity contribution in [1.29, 1.82) is 0 Å². The number of halogens is 1. The SMILES string of the molecule is Cc1ccc(C(=O)NCCN2C(=O)S/C(=C\c3ccc(Cl)c([N+](=O)[O-])c3)C2=O)cc1. The standard InChI is InChI=1S/C20H16ClN3O5S/c1-12-2-5-14(6-3-12)18(25)22-8-9-23-19(26)17(30-20(23)27)11-13-4-7-15(21)16(10-13)24(28)29/h2-7,10-11H,8-9H2,1H3,(H,22,25)/b17-11-. The van der Waals surface area contributed by atoms with E-state index in [1.54, 1.807) is 12.1 Å². The molecule has 1 fully saturated rings. The summed E-state index contributed by atoms with van der Waals surface area (Å²) >= 11 is 6.52. The number of nitro groups is 1. The molecule has 10 heteroatoms. The van der Waals surface area contributed by atoms with Gasteiger partial charge in [0.1, 0.15) is 5.02 Å². The molecule has 0 atom stereocenters. The maximum absolute atomic E-state index is 12.5. The first-order valence-corrected chi connectivity index (χ1v) is 10.00. The minimum absolute atomic E-state index is 0.0143. The smallest absolute Gasteiger partial charge is 0.293 e. The Balaban J connectivity index is 1.64. The summed E-state index contributed by atoms with van der Waals surface area (Å²) in [5, 5.41) is 13.2. The number of aryl methyl sites for hydroxylation is 1. The summed E-state index contributed by atoms with van der Waals surface area (Å²) in [4.78, 5) is 48.4. The van der Waals surface area contributed by atoms with Crippen LogP contribution in [0.4, 0.5) is 10.5 Å². The van der Waals surface area contributed by atoms with Crippen LogP contribution in [0.25, 0.3) is 6.08 Å². The van der Waals surface area contributed by atoms with Gasteiger partial charge >= 0.3 is 0 Å². The lowest BCUT2D eigenvalue weighted by Gasteiger charge is -2.13. The third kappa shape index (κ3) is 4.87. The Hall–Kier alpha value is -3.17.